The largest absolute Gasteiger partial charge is 0.477 e. The van der Waals surface area contributed by atoms with E-state index >= 15 is 0 Å². The number of para-hydroxylation sites is 1. The van der Waals surface area contributed by atoms with E-state index < -0.39 is 5.97 Å². The third kappa shape index (κ3) is 4.08. The van der Waals surface area contributed by atoms with Crippen LogP contribution in [0.2, 0.25) is 0 Å². The second-order valence-electron chi connectivity index (χ2n) is 7.62. The molecule has 158 valence electrons. The molecule has 0 atom stereocenters. The summed E-state index contributed by atoms with van der Waals surface area (Å²) in [4.78, 5) is 27.8. The normalized spacial score (nSPS) is 10.7. The summed E-state index contributed by atoms with van der Waals surface area (Å²) in [5, 5.41) is 12.7. The first-order valence-corrected chi connectivity index (χ1v) is 10.1. The highest BCUT2D eigenvalue weighted by molar-refractivity contribution is 6.01. The van der Waals surface area contributed by atoms with Crippen molar-refractivity contribution in [2.45, 2.75) is 27.2 Å². The molecule has 1 amide bonds. The SMILES string of the molecule is [C-]#[N+]c1c(-c2ccc(-c3ccccc3NC(=O)C(C)C)cc2)c(C(=O)O)n(C)c1CC. The highest BCUT2D eigenvalue weighted by atomic mass is 16.4. The number of anilines is 1. The Morgan fingerprint density at radius 2 is 1.71 bits per heavy atom. The van der Waals surface area contributed by atoms with Gasteiger partial charge in [-0.2, -0.15) is 0 Å². The van der Waals surface area contributed by atoms with E-state index in [9.17, 15) is 14.7 Å². The number of nitrogens with zero attached hydrogens (tertiary/aromatic N) is 2. The number of nitrogens with one attached hydrogen (secondary N) is 1. The van der Waals surface area contributed by atoms with Crippen LogP contribution in [-0.4, -0.2) is 21.6 Å². The van der Waals surface area contributed by atoms with Crippen LogP contribution < -0.4 is 5.32 Å². The van der Waals surface area contributed by atoms with Gasteiger partial charge in [-0.15, -0.1) is 0 Å². The number of hydrogen-bond donors (Lipinski definition) is 2. The predicted molar refractivity (Wildman–Crippen MR) is 122 cm³/mol. The van der Waals surface area contributed by atoms with Crippen LogP contribution in [0.25, 0.3) is 27.1 Å². The van der Waals surface area contributed by atoms with Crippen molar-refractivity contribution in [2.75, 3.05) is 5.32 Å². The Kier molecular flexibility index (Phi) is 6.26. The van der Waals surface area contributed by atoms with Gasteiger partial charge in [-0.25, -0.2) is 9.64 Å². The molecule has 3 rings (SSSR count). The molecule has 0 aliphatic heterocycles. The number of carboxylic acids is 1. The minimum absolute atomic E-state index is 0.0618. The van der Waals surface area contributed by atoms with Gasteiger partial charge in [-0.05, 0) is 23.6 Å². The van der Waals surface area contributed by atoms with Crippen molar-refractivity contribution in [1.29, 1.82) is 0 Å². The lowest BCUT2D eigenvalue weighted by Crippen LogP contribution is -2.18. The fourth-order valence-corrected chi connectivity index (χ4v) is 3.70. The van der Waals surface area contributed by atoms with Gasteiger partial charge < -0.3 is 15.0 Å². The average molecular weight is 415 g/mol. The Labute approximate surface area is 182 Å². The summed E-state index contributed by atoms with van der Waals surface area (Å²) >= 11 is 0. The Hall–Kier alpha value is -3.85. The molecule has 0 spiro atoms. The van der Waals surface area contributed by atoms with Crippen LogP contribution in [0.1, 0.15) is 37.0 Å². The Morgan fingerprint density at radius 1 is 1.10 bits per heavy atom. The Bertz CT molecular complexity index is 1180. The summed E-state index contributed by atoms with van der Waals surface area (Å²) in [5.74, 6) is -1.26. The second kappa shape index (κ2) is 8.88. The lowest BCUT2D eigenvalue weighted by atomic mass is 9.98. The number of benzene rings is 2. The highest BCUT2D eigenvalue weighted by Crippen LogP contribution is 2.40. The quantitative estimate of drug-likeness (QED) is 0.502. The number of carbonyl (C=O) groups excluding carboxylic acids is 1. The summed E-state index contributed by atoms with van der Waals surface area (Å²) < 4.78 is 1.59. The van der Waals surface area contributed by atoms with Crippen molar-refractivity contribution in [3.05, 3.63) is 71.3 Å². The van der Waals surface area contributed by atoms with E-state index in [1.165, 1.54) is 0 Å². The number of aromatic nitrogens is 1. The summed E-state index contributed by atoms with van der Waals surface area (Å²) in [7, 11) is 1.68. The van der Waals surface area contributed by atoms with Gasteiger partial charge in [0.05, 0.1) is 6.57 Å². The van der Waals surface area contributed by atoms with E-state index in [4.69, 9.17) is 6.57 Å². The Balaban J connectivity index is 2.08. The smallest absolute Gasteiger partial charge is 0.351 e. The highest BCUT2D eigenvalue weighted by Gasteiger charge is 2.25. The maximum absolute atomic E-state index is 12.2. The second-order valence-corrected chi connectivity index (χ2v) is 7.62. The van der Waals surface area contributed by atoms with Crippen molar-refractivity contribution in [1.82, 2.24) is 4.57 Å². The number of rotatable bonds is 6. The maximum Gasteiger partial charge on any atom is 0.351 e. The zero-order chi connectivity index (χ0) is 22.7. The van der Waals surface area contributed by atoms with Crippen LogP contribution in [0.15, 0.2) is 48.5 Å². The molecule has 0 saturated carbocycles. The standard InChI is InChI=1S/C25H25N3O3/c1-6-20-22(26-4)21(23(25(30)31)28(20)5)17-13-11-16(12-14-17)18-9-7-8-10-19(18)27-24(29)15(2)3/h7-15H,6H2,1-3,5H3,(H,27,29)(H,30,31). The molecule has 31 heavy (non-hydrogen) atoms. The Morgan fingerprint density at radius 3 is 2.26 bits per heavy atom. The minimum Gasteiger partial charge on any atom is -0.477 e. The first-order chi connectivity index (χ1) is 14.8. The lowest BCUT2D eigenvalue weighted by molar-refractivity contribution is -0.118. The fraction of sp³-hybridized carbons (Fsp3) is 0.240. The van der Waals surface area contributed by atoms with E-state index in [1.54, 1.807) is 11.6 Å². The van der Waals surface area contributed by atoms with Crippen molar-refractivity contribution in [3.8, 4) is 22.3 Å². The number of amides is 1. The van der Waals surface area contributed by atoms with Crippen molar-refractivity contribution >= 4 is 23.3 Å². The number of carboxylic acid groups (broad SMARTS) is 1. The van der Waals surface area contributed by atoms with Gasteiger partial charge in [-0.3, -0.25) is 4.79 Å². The number of carbonyl (C=O) groups is 2. The molecular weight excluding hydrogens is 390 g/mol. The summed E-state index contributed by atoms with van der Waals surface area (Å²) in [6, 6.07) is 15.0. The number of aromatic carboxylic acids is 1. The topological polar surface area (TPSA) is 75.7 Å². The van der Waals surface area contributed by atoms with Crippen molar-refractivity contribution in [3.63, 3.8) is 0 Å². The summed E-state index contributed by atoms with van der Waals surface area (Å²) in [6.07, 6.45) is 0.565. The molecule has 1 aromatic heterocycles. The average Bonchev–Trinajstić information content (AvgIpc) is 3.05. The molecular formula is C25H25N3O3. The van der Waals surface area contributed by atoms with Crippen LogP contribution in [0.4, 0.5) is 11.4 Å². The van der Waals surface area contributed by atoms with Crippen LogP contribution >= 0.6 is 0 Å². The third-order valence-electron chi connectivity index (χ3n) is 5.33. The molecule has 0 saturated heterocycles. The molecule has 0 fully saturated rings. The van der Waals surface area contributed by atoms with Gasteiger partial charge >= 0.3 is 5.97 Å². The van der Waals surface area contributed by atoms with E-state index in [-0.39, 0.29) is 17.5 Å². The molecule has 0 bridgehead atoms. The fourth-order valence-electron chi connectivity index (χ4n) is 3.70. The first-order valence-electron chi connectivity index (χ1n) is 10.1. The van der Waals surface area contributed by atoms with Crippen LogP contribution in [-0.2, 0) is 18.3 Å². The number of hydrogen-bond acceptors (Lipinski definition) is 2. The molecule has 6 nitrogen and oxygen atoms in total. The monoisotopic (exact) mass is 415 g/mol. The van der Waals surface area contributed by atoms with Crippen molar-refractivity contribution < 1.29 is 14.7 Å². The molecule has 0 aliphatic rings. The zero-order valence-corrected chi connectivity index (χ0v) is 18.1. The van der Waals surface area contributed by atoms with Gasteiger partial charge in [0.15, 0.2) is 0 Å². The van der Waals surface area contributed by atoms with Gasteiger partial charge in [0.2, 0.25) is 11.6 Å². The molecule has 1 heterocycles. The predicted octanol–water partition coefficient (Wildman–Crippen LogP) is 5.76. The van der Waals surface area contributed by atoms with E-state index in [1.807, 2.05) is 69.3 Å². The van der Waals surface area contributed by atoms with Gasteiger partial charge in [-0.1, -0.05) is 63.2 Å². The molecule has 3 aromatic rings. The van der Waals surface area contributed by atoms with Crippen LogP contribution in [0.5, 0.6) is 0 Å². The van der Waals surface area contributed by atoms with Crippen molar-refractivity contribution in [2.24, 2.45) is 13.0 Å². The molecule has 0 radical (unpaired) electrons. The van der Waals surface area contributed by atoms with E-state index in [0.29, 0.717) is 28.9 Å². The van der Waals surface area contributed by atoms with Gasteiger partial charge in [0.25, 0.3) is 0 Å². The first kappa shape index (κ1) is 21.8. The lowest BCUT2D eigenvalue weighted by Gasteiger charge is -2.13. The maximum atomic E-state index is 12.2. The molecule has 2 N–H and O–H groups in total. The van der Waals surface area contributed by atoms with Crippen LogP contribution in [0.3, 0.4) is 0 Å². The van der Waals surface area contributed by atoms with Gasteiger partial charge in [0.1, 0.15) is 5.69 Å². The zero-order valence-electron chi connectivity index (χ0n) is 18.1. The van der Waals surface area contributed by atoms with Gasteiger partial charge in [0, 0.05) is 35.5 Å². The molecule has 0 aliphatic carbocycles. The van der Waals surface area contributed by atoms with E-state index in [0.717, 1.165) is 16.8 Å². The summed E-state index contributed by atoms with van der Waals surface area (Å²) in [6.45, 7) is 13.2. The molecule has 2 aromatic carbocycles. The van der Waals surface area contributed by atoms with Crippen LogP contribution in [0, 0.1) is 12.5 Å². The third-order valence-corrected chi connectivity index (χ3v) is 5.33. The minimum atomic E-state index is -1.06. The molecule has 0 unspecified atom stereocenters. The molecule has 6 heteroatoms. The van der Waals surface area contributed by atoms with E-state index in [2.05, 4.69) is 10.2 Å². The summed E-state index contributed by atoms with van der Waals surface area (Å²) in [5.41, 5.74) is 4.77.